The molecule has 1 heterocycles. The van der Waals surface area contributed by atoms with Gasteiger partial charge in [0.05, 0.1) is 14.2 Å². The van der Waals surface area contributed by atoms with Crippen molar-refractivity contribution in [2.24, 2.45) is 0 Å². The van der Waals surface area contributed by atoms with Gasteiger partial charge in [-0.1, -0.05) is 6.07 Å². The van der Waals surface area contributed by atoms with Crippen LogP contribution in [0.1, 0.15) is 11.3 Å². The van der Waals surface area contributed by atoms with Crippen molar-refractivity contribution in [3.63, 3.8) is 0 Å². The molecule has 0 saturated heterocycles. The van der Waals surface area contributed by atoms with E-state index in [9.17, 15) is 13.2 Å². The lowest BCUT2D eigenvalue weighted by Gasteiger charge is -2.11. The maximum absolute atomic E-state index is 12.4. The lowest BCUT2D eigenvalue weighted by Crippen LogP contribution is -2.09. The first-order valence-electron chi connectivity index (χ1n) is 6.92. The van der Waals surface area contributed by atoms with Crippen LogP contribution in [0.5, 0.6) is 11.5 Å². The van der Waals surface area contributed by atoms with Gasteiger partial charge < -0.3 is 14.8 Å². The van der Waals surface area contributed by atoms with Gasteiger partial charge in [-0.25, -0.2) is 0 Å². The van der Waals surface area contributed by atoms with Gasteiger partial charge >= 0.3 is 6.18 Å². The molecule has 1 aromatic heterocycles. The van der Waals surface area contributed by atoms with Crippen LogP contribution in [-0.2, 0) is 12.6 Å². The van der Waals surface area contributed by atoms with Crippen molar-refractivity contribution in [2.75, 3.05) is 26.1 Å². The first-order valence-corrected chi connectivity index (χ1v) is 6.92. The molecular formula is C16H17F3N2O2. The van der Waals surface area contributed by atoms with Gasteiger partial charge in [0.15, 0.2) is 11.5 Å². The summed E-state index contributed by atoms with van der Waals surface area (Å²) in [5.74, 6) is 1.23. The SMILES string of the molecule is COc1ccc(NCCc2ccc(C(F)(F)F)nc2)cc1OC. The van der Waals surface area contributed by atoms with Gasteiger partial charge in [0.2, 0.25) is 0 Å². The van der Waals surface area contributed by atoms with Crippen molar-refractivity contribution in [3.05, 3.63) is 47.8 Å². The topological polar surface area (TPSA) is 43.4 Å². The third-order valence-electron chi connectivity index (χ3n) is 3.24. The van der Waals surface area contributed by atoms with Crippen LogP contribution in [0, 0.1) is 0 Å². The second-order valence-corrected chi connectivity index (χ2v) is 4.80. The van der Waals surface area contributed by atoms with Crippen LogP contribution in [-0.4, -0.2) is 25.7 Å². The van der Waals surface area contributed by atoms with Crippen molar-refractivity contribution >= 4 is 5.69 Å². The first kappa shape index (κ1) is 16.9. The van der Waals surface area contributed by atoms with Crippen molar-refractivity contribution in [2.45, 2.75) is 12.6 Å². The summed E-state index contributed by atoms with van der Waals surface area (Å²) < 4.78 is 47.6. The summed E-state index contributed by atoms with van der Waals surface area (Å²) in [6.45, 7) is 0.558. The number of anilines is 1. The van der Waals surface area contributed by atoms with Crippen LogP contribution < -0.4 is 14.8 Å². The summed E-state index contributed by atoms with van der Waals surface area (Å²) in [5, 5.41) is 3.18. The molecule has 0 spiro atoms. The number of methoxy groups -OCH3 is 2. The lowest BCUT2D eigenvalue weighted by molar-refractivity contribution is -0.141. The molecule has 0 bridgehead atoms. The summed E-state index contributed by atoms with van der Waals surface area (Å²) >= 11 is 0. The number of nitrogens with one attached hydrogen (secondary N) is 1. The van der Waals surface area contributed by atoms with Crippen LogP contribution >= 0.6 is 0 Å². The summed E-state index contributed by atoms with van der Waals surface area (Å²) in [6, 6.07) is 7.84. The van der Waals surface area contributed by atoms with Gasteiger partial charge in [0.1, 0.15) is 5.69 Å². The highest BCUT2D eigenvalue weighted by Gasteiger charge is 2.31. The van der Waals surface area contributed by atoms with Crippen LogP contribution in [0.4, 0.5) is 18.9 Å². The number of pyridine rings is 1. The third-order valence-corrected chi connectivity index (χ3v) is 3.24. The average molecular weight is 326 g/mol. The monoisotopic (exact) mass is 326 g/mol. The Labute approximate surface area is 132 Å². The second-order valence-electron chi connectivity index (χ2n) is 4.80. The summed E-state index contributed by atoms with van der Waals surface area (Å²) in [6.07, 6.45) is -2.60. The minimum absolute atomic E-state index is 0.555. The van der Waals surface area contributed by atoms with E-state index in [1.54, 1.807) is 26.4 Å². The predicted octanol–water partition coefficient (Wildman–Crippen LogP) is 3.77. The van der Waals surface area contributed by atoms with Crippen LogP contribution in [0.25, 0.3) is 0 Å². The van der Waals surface area contributed by atoms with Gasteiger partial charge in [-0.3, -0.25) is 4.98 Å². The van der Waals surface area contributed by atoms with Gasteiger partial charge in [0, 0.05) is 24.5 Å². The molecule has 7 heteroatoms. The Balaban J connectivity index is 1.92. The van der Waals surface area contributed by atoms with E-state index in [-0.39, 0.29) is 0 Å². The fourth-order valence-electron chi connectivity index (χ4n) is 2.04. The minimum Gasteiger partial charge on any atom is -0.493 e. The Kier molecular flexibility index (Phi) is 5.31. The molecule has 1 N–H and O–H groups in total. The molecule has 2 rings (SSSR count). The largest absolute Gasteiger partial charge is 0.493 e. The summed E-state index contributed by atoms with van der Waals surface area (Å²) in [5.41, 5.74) is 0.683. The quantitative estimate of drug-likeness (QED) is 0.877. The van der Waals surface area contributed by atoms with E-state index in [0.29, 0.717) is 24.5 Å². The molecule has 0 aliphatic rings. The number of hydrogen-bond donors (Lipinski definition) is 1. The van der Waals surface area contributed by atoms with Crippen molar-refractivity contribution < 1.29 is 22.6 Å². The average Bonchev–Trinajstić information content (AvgIpc) is 2.54. The number of alkyl halides is 3. The number of ether oxygens (including phenoxy) is 2. The van der Waals surface area contributed by atoms with E-state index in [1.165, 1.54) is 12.3 Å². The fourth-order valence-corrected chi connectivity index (χ4v) is 2.04. The molecule has 1 aromatic carbocycles. The first-order chi connectivity index (χ1) is 10.9. The molecule has 0 fully saturated rings. The molecular weight excluding hydrogens is 309 g/mol. The molecule has 0 aliphatic heterocycles. The zero-order valence-corrected chi connectivity index (χ0v) is 12.8. The highest BCUT2D eigenvalue weighted by atomic mass is 19.4. The smallest absolute Gasteiger partial charge is 0.433 e. The molecule has 124 valence electrons. The highest BCUT2D eigenvalue weighted by molar-refractivity contribution is 5.54. The van der Waals surface area contributed by atoms with E-state index < -0.39 is 11.9 Å². The van der Waals surface area contributed by atoms with Gasteiger partial charge in [-0.2, -0.15) is 13.2 Å². The van der Waals surface area contributed by atoms with Crippen LogP contribution in [0.3, 0.4) is 0 Å². The number of nitrogens with zero attached hydrogens (tertiary/aromatic N) is 1. The molecule has 0 saturated carbocycles. The normalized spacial score (nSPS) is 11.2. The van der Waals surface area contributed by atoms with Gasteiger partial charge in [-0.15, -0.1) is 0 Å². The van der Waals surface area contributed by atoms with Crippen molar-refractivity contribution in [1.29, 1.82) is 0 Å². The number of benzene rings is 1. The standard InChI is InChI=1S/C16H17F3N2O2/c1-22-13-5-4-12(9-14(13)23-2)20-8-7-11-3-6-15(21-10-11)16(17,18)19/h3-6,9-10,20H,7-8H2,1-2H3. The Morgan fingerprint density at radius 3 is 2.35 bits per heavy atom. The van der Waals surface area contributed by atoms with Crippen LogP contribution in [0.2, 0.25) is 0 Å². The van der Waals surface area contributed by atoms with E-state index in [2.05, 4.69) is 10.3 Å². The van der Waals surface area contributed by atoms with Crippen molar-refractivity contribution in [3.8, 4) is 11.5 Å². The van der Waals surface area contributed by atoms with Crippen molar-refractivity contribution in [1.82, 2.24) is 4.98 Å². The molecule has 23 heavy (non-hydrogen) atoms. The van der Waals surface area contributed by atoms with E-state index in [0.717, 1.165) is 17.3 Å². The predicted molar refractivity (Wildman–Crippen MR) is 81.0 cm³/mol. The van der Waals surface area contributed by atoms with Gasteiger partial charge in [0.25, 0.3) is 0 Å². The molecule has 0 aliphatic carbocycles. The molecule has 0 atom stereocenters. The highest BCUT2D eigenvalue weighted by Crippen LogP contribution is 2.30. The number of rotatable bonds is 6. The minimum atomic E-state index is -4.41. The fraction of sp³-hybridized carbons (Fsp3) is 0.312. The maximum atomic E-state index is 12.4. The molecule has 2 aromatic rings. The molecule has 4 nitrogen and oxygen atoms in total. The number of aromatic nitrogens is 1. The number of halogens is 3. The number of hydrogen-bond acceptors (Lipinski definition) is 4. The summed E-state index contributed by atoms with van der Waals surface area (Å²) in [4.78, 5) is 3.44. The molecule has 0 radical (unpaired) electrons. The Hall–Kier alpha value is -2.44. The zero-order valence-electron chi connectivity index (χ0n) is 12.8. The lowest BCUT2D eigenvalue weighted by atomic mass is 10.2. The molecule has 0 unspecified atom stereocenters. The Morgan fingerprint density at radius 2 is 1.78 bits per heavy atom. The second kappa shape index (κ2) is 7.21. The zero-order chi connectivity index (χ0) is 16.9. The maximum Gasteiger partial charge on any atom is 0.433 e. The Morgan fingerprint density at radius 1 is 1.04 bits per heavy atom. The third kappa shape index (κ3) is 4.51. The molecule has 0 amide bonds. The van der Waals surface area contributed by atoms with Crippen LogP contribution in [0.15, 0.2) is 36.5 Å². The van der Waals surface area contributed by atoms with E-state index in [4.69, 9.17) is 9.47 Å². The van der Waals surface area contributed by atoms with Gasteiger partial charge in [-0.05, 0) is 30.2 Å². The van der Waals surface area contributed by atoms with E-state index in [1.807, 2.05) is 6.07 Å². The Bertz CT molecular complexity index is 643. The van der Waals surface area contributed by atoms with E-state index >= 15 is 0 Å². The summed E-state index contributed by atoms with van der Waals surface area (Å²) in [7, 11) is 3.11.